The second-order valence-corrected chi connectivity index (χ2v) is 4.79. The number of hydrogen-bond acceptors (Lipinski definition) is 6. The highest BCUT2D eigenvalue weighted by Gasteiger charge is 2.24. The molecule has 0 fully saturated rings. The maximum atomic E-state index is 11.1. The van der Waals surface area contributed by atoms with Crippen molar-refractivity contribution in [1.29, 1.82) is 5.26 Å². The largest absolute Gasteiger partial charge is 0.480 e. The van der Waals surface area contributed by atoms with E-state index >= 15 is 0 Å². The van der Waals surface area contributed by atoms with E-state index in [-0.39, 0.29) is 12.8 Å². The summed E-state index contributed by atoms with van der Waals surface area (Å²) in [6.07, 6.45) is -0.477. The summed E-state index contributed by atoms with van der Waals surface area (Å²) < 4.78 is 28.4. The number of nitrogens with zero attached hydrogens (tertiary/aromatic N) is 1. The fraction of sp³-hybridized carbons (Fsp3) is 0.625. The van der Waals surface area contributed by atoms with E-state index in [0.717, 1.165) is 7.11 Å². The molecular formula is C8H12N2O6S. The van der Waals surface area contributed by atoms with E-state index in [9.17, 15) is 18.0 Å². The average molecular weight is 264 g/mol. The lowest BCUT2D eigenvalue weighted by atomic mass is 10.2. The molecular weight excluding hydrogens is 252 g/mol. The number of carbonyl (C=O) groups excluding carboxylic acids is 1. The SMILES string of the molecule is COC(=O)CC[C@H](NS(=O)(=O)CC#N)C(=O)O. The molecule has 1 atom stereocenters. The van der Waals surface area contributed by atoms with Gasteiger partial charge in [0.15, 0.2) is 5.75 Å². The first-order valence-electron chi connectivity index (χ1n) is 4.49. The predicted octanol–water partition coefficient (Wildman–Crippen LogP) is -1.16. The molecule has 0 aromatic heterocycles. The fourth-order valence-corrected chi connectivity index (χ4v) is 1.85. The zero-order chi connectivity index (χ0) is 13.5. The van der Waals surface area contributed by atoms with Crippen LogP contribution in [0.5, 0.6) is 0 Å². The van der Waals surface area contributed by atoms with E-state index in [1.807, 2.05) is 4.72 Å². The minimum atomic E-state index is -3.97. The van der Waals surface area contributed by atoms with E-state index in [0.29, 0.717) is 0 Å². The zero-order valence-corrected chi connectivity index (χ0v) is 9.86. The van der Waals surface area contributed by atoms with Crippen molar-refractivity contribution < 1.29 is 27.9 Å². The van der Waals surface area contributed by atoms with Gasteiger partial charge in [0.2, 0.25) is 10.0 Å². The summed E-state index contributed by atoms with van der Waals surface area (Å²) in [5.74, 6) is -2.90. The van der Waals surface area contributed by atoms with Crippen LogP contribution in [0.15, 0.2) is 0 Å². The number of carbonyl (C=O) groups is 2. The van der Waals surface area contributed by atoms with Crippen molar-refractivity contribution in [3.05, 3.63) is 0 Å². The lowest BCUT2D eigenvalue weighted by Crippen LogP contribution is -2.41. The number of nitriles is 1. The average Bonchev–Trinajstić information content (AvgIpc) is 2.23. The Labute approximate surface area is 98.2 Å². The summed E-state index contributed by atoms with van der Waals surface area (Å²) in [7, 11) is -2.84. The summed E-state index contributed by atoms with van der Waals surface area (Å²) in [5.41, 5.74) is 0. The molecule has 0 radical (unpaired) electrons. The van der Waals surface area contributed by atoms with Crippen LogP contribution in [0.4, 0.5) is 0 Å². The van der Waals surface area contributed by atoms with Gasteiger partial charge in [-0.05, 0) is 6.42 Å². The van der Waals surface area contributed by atoms with E-state index in [1.165, 1.54) is 6.07 Å². The van der Waals surface area contributed by atoms with Crippen LogP contribution in [0.25, 0.3) is 0 Å². The molecule has 0 rings (SSSR count). The molecule has 0 saturated carbocycles. The number of carboxylic acids is 1. The molecule has 8 nitrogen and oxygen atoms in total. The minimum Gasteiger partial charge on any atom is -0.480 e. The Balaban J connectivity index is 4.52. The number of carboxylic acid groups (broad SMARTS) is 1. The van der Waals surface area contributed by atoms with Crippen molar-refractivity contribution in [2.45, 2.75) is 18.9 Å². The Kier molecular flexibility index (Phi) is 6.16. The van der Waals surface area contributed by atoms with Crippen LogP contribution in [0, 0.1) is 11.3 Å². The molecule has 0 amide bonds. The normalized spacial score (nSPS) is 12.5. The number of aliphatic carboxylic acids is 1. The van der Waals surface area contributed by atoms with Gasteiger partial charge < -0.3 is 9.84 Å². The van der Waals surface area contributed by atoms with Crippen LogP contribution in [-0.2, 0) is 24.3 Å². The molecule has 2 N–H and O–H groups in total. The summed E-state index contributed by atoms with van der Waals surface area (Å²) in [5, 5.41) is 16.9. The third-order valence-electron chi connectivity index (χ3n) is 1.74. The van der Waals surface area contributed by atoms with E-state index in [1.54, 1.807) is 0 Å². The lowest BCUT2D eigenvalue weighted by molar-refractivity contribution is -0.142. The molecule has 0 bridgehead atoms. The minimum absolute atomic E-state index is 0.234. The molecule has 0 aliphatic carbocycles. The van der Waals surface area contributed by atoms with Crippen molar-refractivity contribution in [1.82, 2.24) is 4.72 Å². The van der Waals surface area contributed by atoms with Gasteiger partial charge in [-0.25, -0.2) is 13.1 Å². The number of ether oxygens (including phenoxy) is 1. The number of hydrogen-bond donors (Lipinski definition) is 2. The highest BCUT2D eigenvalue weighted by molar-refractivity contribution is 7.89. The monoisotopic (exact) mass is 264 g/mol. The Bertz CT molecular complexity index is 424. The van der Waals surface area contributed by atoms with Crippen molar-refractivity contribution in [2.75, 3.05) is 12.9 Å². The summed E-state index contributed by atoms with van der Waals surface area (Å²) in [4.78, 5) is 21.5. The lowest BCUT2D eigenvalue weighted by Gasteiger charge is -2.12. The molecule has 96 valence electrons. The zero-order valence-electron chi connectivity index (χ0n) is 9.04. The van der Waals surface area contributed by atoms with Crippen molar-refractivity contribution in [2.24, 2.45) is 0 Å². The smallest absolute Gasteiger partial charge is 0.321 e. The predicted molar refractivity (Wildman–Crippen MR) is 55.2 cm³/mol. The first-order valence-corrected chi connectivity index (χ1v) is 6.14. The summed E-state index contributed by atoms with van der Waals surface area (Å²) in [6, 6.07) is -0.0582. The fourth-order valence-electron chi connectivity index (χ4n) is 0.940. The Morgan fingerprint density at radius 3 is 2.53 bits per heavy atom. The Morgan fingerprint density at radius 2 is 2.12 bits per heavy atom. The van der Waals surface area contributed by atoms with Gasteiger partial charge in [0.25, 0.3) is 0 Å². The van der Waals surface area contributed by atoms with Crippen molar-refractivity contribution in [3.63, 3.8) is 0 Å². The maximum Gasteiger partial charge on any atom is 0.321 e. The van der Waals surface area contributed by atoms with Gasteiger partial charge in [-0.3, -0.25) is 9.59 Å². The van der Waals surface area contributed by atoms with Crippen molar-refractivity contribution in [3.8, 4) is 6.07 Å². The third kappa shape index (κ3) is 6.49. The van der Waals surface area contributed by atoms with E-state index in [2.05, 4.69) is 4.74 Å². The van der Waals surface area contributed by atoms with Crippen LogP contribution in [0.3, 0.4) is 0 Å². The Hall–Kier alpha value is -1.66. The van der Waals surface area contributed by atoms with Crippen LogP contribution in [0.1, 0.15) is 12.8 Å². The summed E-state index contributed by atoms with van der Waals surface area (Å²) in [6.45, 7) is 0. The van der Waals surface area contributed by atoms with E-state index in [4.69, 9.17) is 10.4 Å². The van der Waals surface area contributed by atoms with Crippen LogP contribution in [-0.4, -0.2) is 44.4 Å². The van der Waals surface area contributed by atoms with E-state index < -0.39 is 33.8 Å². The molecule has 0 aliphatic heterocycles. The second-order valence-electron chi connectivity index (χ2n) is 3.04. The highest BCUT2D eigenvalue weighted by atomic mass is 32.2. The van der Waals surface area contributed by atoms with Crippen LogP contribution in [0.2, 0.25) is 0 Å². The molecule has 0 aromatic rings. The van der Waals surface area contributed by atoms with Crippen LogP contribution < -0.4 is 4.72 Å². The van der Waals surface area contributed by atoms with Crippen molar-refractivity contribution >= 4 is 22.0 Å². The van der Waals surface area contributed by atoms with Crippen LogP contribution >= 0.6 is 0 Å². The Morgan fingerprint density at radius 1 is 1.53 bits per heavy atom. The quantitative estimate of drug-likeness (QED) is 0.553. The van der Waals surface area contributed by atoms with Gasteiger partial charge in [0.05, 0.1) is 13.2 Å². The number of rotatable bonds is 7. The molecule has 0 heterocycles. The molecule has 0 spiro atoms. The van der Waals surface area contributed by atoms with Gasteiger partial charge in [0.1, 0.15) is 6.04 Å². The number of sulfonamides is 1. The standard InChI is InChI=1S/C8H12N2O6S/c1-16-7(11)3-2-6(8(12)13)10-17(14,15)5-4-9/h6,10H,2-3,5H2,1H3,(H,12,13)/t6-/m0/s1. The number of nitrogens with one attached hydrogen (secondary N) is 1. The molecule has 0 unspecified atom stereocenters. The molecule has 17 heavy (non-hydrogen) atoms. The number of esters is 1. The molecule has 0 saturated heterocycles. The first-order chi connectivity index (χ1) is 7.82. The van der Waals surface area contributed by atoms with Gasteiger partial charge in [0, 0.05) is 6.42 Å². The molecule has 9 heteroatoms. The molecule has 0 aromatic carbocycles. The third-order valence-corrected chi connectivity index (χ3v) is 2.89. The number of methoxy groups -OCH3 is 1. The second kappa shape index (κ2) is 6.82. The van der Waals surface area contributed by atoms with Gasteiger partial charge in [-0.2, -0.15) is 5.26 Å². The van der Waals surface area contributed by atoms with Gasteiger partial charge in [-0.15, -0.1) is 0 Å². The summed E-state index contributed by atoms with van der Waals surface area (Å²) >= 11 is 0. The molecule has 0 aliphatic rings. The highest BCUT2D eigenvalue weighted by Crippen LogP contribution is 2.01. The van der Waals surface area contributed by atoms with Gasteiger partial charge >= 0.3 is 11.9 Å². The van der Waals surface area contributed by atoms with Gasteiger partial charge in [-0.1, -0.05) is 0 Å². The topological polar surface area (TPSA) is 134 Å². The maximum absolute atomic E-state index is 11.1. The first kappa shape index (κ1) is 15.3.